The third-order valence-electron chi connectivity index (χ3n) is 3.98. The first kappa shape index (κ1) is 19.0. The summed E-state index contributed by atoms with van der Waals surface area (Å²) >= 11 is 0. The van der Waals surface area contributed by atoms with E-state index in [4.69, 9.17) is 0 Å². The first-order chi connectivity index (χ1) is 11.7. The molecule has 0 aliphatic heterocycles. The SMILES string of the molecule is Cc1ccc(N(CCC(=O)Nc2ccccc2C)S(C)(=O)=O)c(C)c1. The molecule has 2 aromatic carbocycles. The molecule has 1 amide bonds. The Bertz CT molecular complexity index is 876. The van der Waals surface area contributed by atoms with E-state index in [-0.39, 0.29) is 18.9 Å². The topological polar surface area (TPSA) is 66.5 Å². The fourth-order valence-corrected chi connectivity index (χ4v) is 3.66. The predicted octanol–water partition coefficient (Wildman–Crippen LogP) is 3.41. The molecule has 0 unspecified atom stereocenters. The predicted molar refractivity (Wildman–Crippen MR) is 103 cm³/mol. The summed E-state index contributed by atoms with van der Waals surface area (Å²) in [5, 5.41) is 2.83. The van der Waals surface area contributed by atoms with Gasteiger partial charge in [0.05, 0.1) is 11.9 Å². The van der Waals surface area contributed by atoms with E-state index in [9.17, 15) is 13.2 Å². The van der Waals surface area contributed by atoms with Gasteiger partial charge in [-0.25, -0.2) is 8.42 Å². The van der Waals surface area contributed by atoms with E-state index in [2.05, 4.69) is 5.32 Å². The van der Waals surface area contributed by atoms with Crippen LogP contribution in [0.4, 0.5) is 11.4 Å². The Kier molecular flexibility index (Phi) is 5.85. The van der Waals surface area contributed by atoms with Crippen molar-refractivity contribution in [2.45, 2.75) is 27.2 Å². The van der Waals surface area contributed by atoms with Crippen molar-refractivity contribution in [3.05, 3.63) is 59.2 Å². The Balaban J connectivity index is 2.13. The van der Waals surface area contributed by atoms with E-state index in [0.29, 0.717) is 5.69 Å². The maximum Gasteiger partial charge on any atom is 0.232 e. The number of carbonyl (C=O) groups is 1. The lowest BCUT2D eigenvalue weighted by molar-refractivity contribution is -0.116. The van der Waals surface area contributed by atoms with Crippen molar-refractivity contribution in [2.24, 2.45) is 0 Å². The van der Waals surface area contributed by atoms with Gasteiger partial charge in [0.25, 0.3) is 0 Å². The van der Waals surface area contributed by atoms with Gasteiger partial charge in [0.15, 0.2) is 0 Å². The van der Waals surface area contributed by atoms with Crippen molar-refractivity contribution >= 4 is 27.3 Å². The molecule has 0 aromatic heterocycles. The van der Waals surface area contributed by atoms with Crippen LogP contribution in [0.1, 0.15) is 23.1 Å². The molecule has 0 aliphatic rings. The zero-order valence-electron chi connectivity index (χ0n) is 15.0. The highest BCUT2D eigenvalue weighted by Crippen LogP contribution is 2.24. The fourth-order valence-electron chi connectivity index (χ4n) is 2.68. The lowest BCUT2D eigenvalue weighted by atomic mass is 10.1. The van der Waals surface area contributed by atoms with Crippen LogP contribution in [0.15, 0.2) is 42.5 Å². The molecule has 0 saturated heterocycles. The van der Waals surface area contributed by atoms with Crippen molar-refractivity contribution in [3.8, 4) is 0 Å². The molecule has 0 aliphatic carbocycles. The number of nitrogens with one attached hydrogen (secondary N) is 1. The number of aryl methyl sites for hydroxylation is 3. The van der Waals surface area contributed by atoms with Crippen molar-refractivity contribution in [2.75, 3.05) is 22.4 Å². The van der Waals surface area contributed by atoms with Crippen molar-refractivity contribution in [1.29, 1.82) is 0 Å². The average Bonchev–Trinajstić information content (AvgIpc) is 2.50. The highest BCUT2D eigenvalue weighted by molar-refractivity contribution is 7.92. The van der Waals surface area contributed by atoms with Gasteiger partial charge in [-0.2, -0.15) is 0 Å². The minimum Gasteiger partial charge on any atom is -0.326 e. The second-order valence-corrected chi connectivity index (χ2v) is 8.14. The maximum absolute atomic E-state index is 12.2. The van der Waals surface area contributed by atoms with E-state index < -0.39 is 10.0 Å². The van der Waals surface area contributed by atoms with Crippen LogP contribution in [-0.2, 0) is 14.8 Å². The number of benzene rings is 2. The minimum atomic E-state index is -3.48. The van der Waals surface area contributed by atoms with Crippen LogP contribution in [-0.4, -0.2) is 27.1 Å². The monoisotopic (exact) mass is 360 g/mol. The Morgan fingerprint density at radius 3 is 2.32 bits per heavy atom. The summed E-state index contributed by atoms with van der Waals surface area (Å²) in [6, 6.07) is 13.1. The van der Waals surface area contributed by atoms with Crippen LogP contribution in [0.2, 0.25) is 0 Å². The molecule has 2 aromatic rings. The van der Waals surface area contributed by atoms with Gasteiger partial charge in [-0.3, -0.25) is 9.10 Å². The molecular formula is C19H24N2O3S. The normalized spacial score (nSPS) is 11.2. The smallest absolute Gasteiger partial charge is 0.232 e. The molecule has 0 bridgehead atoms. The number of para-hydroxylation sites is 1. The van der Waals surface area contributed by atoms with Crippen LogP contribution in [0.3, 0.4) is 0 Å². The number of sulfonamides is 1. The second-order valence-electron chi connectivity index (χ2n) is 6.24. The van der Waals surface area contributed by atoms with Gasteiger partial charge in [-0.05, 0) is 44.0 Å². The van der Waals surface area contributed by atoms with Crippen molar-refractivity contribution < 1.29 is 13.2 Å². The van der Waals surface area contributed by atoms with E-state index in [1.807, 2.05) is 57.2 Å². The van der Waals surface area contributed by atoms with Crippen LogP contribution < -0.4 is 9.62 Å². The molecule has 25 heavy (non-hydrogen) atoms. The summed E-state index contributed by atoms with van der Waals surface area (Å²) in [5.74, 6) is -0.215. The number of hydrogen-bond donors (Lipinski definition) is 1. The molecule has 0 fully saturated rings. The zero-order valence-corrected chi connectivity index (χ0v) is 15.9. The van der Waals surface area contributed by atoms with Crippen molar-refractivity contribution in [3.63, 3.8) is 0 Å². The lowest BCUT2D eigenvalue weighted by Gasteiger charge is -2.24. The summed E-state index contributed by atoms with van der Waals surface area (Å²) in [7, 11) is -3.48. The summed E-state index contributed by atoms with van der Waals surface area (Å²) in [6.07, 6.45) is 1.24. The highest BCUT2D eigenvalue weighted by Gasteiger charge is 2.20. The molecule has 0 atom stereocenters. The van der Waals surface area contributed by atoms with Crippen LogP contribution in [0, 0.1) is 20.8 Å². The van der Waals surface area contributed by atoms with Gasteiger partial charge >= 0.3 is 0 Å². The van der Waals surface area contributed by atoms with E-state index in [0.717, 1.165) is 28.6 Å². The Labute approximate surface area is 149 Å². The third kappa shape index (κ3) is 5.06. The van der Waals surface area contributed by atoms with Gasteiger partial charge in [-0.15, -0.1) is 0 Å². The zero-order chi connectivity index (χ0) is 18.6. The average molecular weight is 360 g/mol. The molecule has 0 saturated carbocycles. The fraction of sp³-hybridized carbons (Fsp3) is 0.316. The molecular weight excluding hydrogens is 336 g/mol. The number of rotatable bonds is 6. The molecule has 1 N–H and O–H groups in total. The molecule has 0 spiro atoms. The van der Waals surface area contributed by atoms with Gasteiger partial charge in [0.2, 0.25) is 15.9 Å². The minimum absolute atomic E-state index is 0.0781. The highest BCUT2D eigenvalue weighted by atomic mass is 32.2. The van der Waals surface area contributed by atoms with Gasteiger partial charge in [0.1, 0.15) is 0 Å². The first-order valence-electron chi connectivity index (χ1n) is 8.09. The first-order valence-corrected chi connectivity index (χ1v) is 9.94. The largest absolute Gasteiger partial charge is 0.326 e. The molecule has 6 heteroatoms. The van der Waals surface area contributed by atoms with Crippen LogP contribution in [0.25, 0.3) is 0 Å². The Morgan fingerprint density at radius 2 is 1.72 bits per heavy atom. The lowest BCUT2D eigenvalue weighted by Crippen LogP contribution is -2.33. The maximum atomic E-state index is 12.2. The Morgan fingerprint density at radius 1 is 1.04 bits per heavy atom. The van der Waals surface area contributed by atoms with E-state index in [1.54, 1.807) is 6.07 Å². The quantitative estimate of drug-likeness (QED) is 0.858. The van der Waals surface area contributed by atoms with Gasteiger partial charge in [-0.1, -0.05) is 35.9 Å². The molecule has 0 heterocycles. The van der Waals surface area contributed by atoms with E-state index in [1.165, 1.54) is 4.31 Å². The number of nitrogens with zero attached hydrogens (tertiary/aromatic N) is 1. The molecule has 2 rings (SSSR count). The summed E-state index contributed by atoms with van der Waals surface area (Å²) < 4.78 is 25.7. The Hall–Kier alpha value is -2.34. The third-order valence-corrected chi connectivity index (χ3v) is 5.16. The molecule has 134 valence electrons. The summed E-state index contributed by atoms with van der Waals surface area (Å²) in [6.45, 7) is 5.83. The number of hydrogen-bond acceptors (Lipinski definition) is 3. The van der Waals surface area contributed by atoms with E-state index >= 15 is 0 Å². The van der Waals surface area contributed by atoms with Crippen LogP contribution >= 0.6 is 0 Å². The number of carbonyl (C=O) groups excluding carboxylic acids is 1. The molecule has 5 nitrogen and oxygen atoms in total. The van der Waals surface area contributed by atoms with Gasteiger partial charge < -0.3 is 5.32 Å². The molecule has 0 radical (unpaired) electrons. The summed E-state index contributed by atoms with van der Waals surface area (Å²) in [5.41, 5.74) is 4.24. The summed E-state index contributed by atoms with van der Waals surface area (Å²) in [4.78, 5) is 12.2. The standard InChI is InChI=1S/C19H24N2O3S/c1-14-9-10-18(16(3)13-14)21(25(4,23)24)12-11-19(22)20-17-8-6-5-7-15(17)2/h5-10,13H,11-12H2,1-4H3,(H,20,22). The number of amides is 1. The second kappa shape index (κ2) is 7.70. The van der Waals surface area contributed by atoms with Gasteiger partial charge in [0, 0.05) is 18.7 Å². The van der Waals surface area contributed by atoms with Crippen LogP contribution in [0.5, 0.6) is 0 Å². The number of anilines is 2. The van der Waals surface area contributed by atoms with Crippen molar-refractivity contribution in [1.82, 2.24) is 0 Å².